The highest BCUT2D eigenvalue weighted by atomic mass is 79.9. The molecule has 0 saturated carbocycles. The van der Waals surface area contributed by atoms with Crippen LogP contribution < -0.4 is 0 Å². The zero-order valence-corrected chi connectivity index (χ0v) is 9.98. The number of hydrogen-bond donors (Lipinski definition) is 1. The monoisotopic (exact) mass is 284 g/mol. The Morgan fingerprint density at radius 2 is 2.25 bits per heavy atom. The van der Waals surface area contributed by atoms with Gasteiger partial charge in [-0.3, -0.25) is 0 Å². The van der Waals surface area contributed by atoms with Crippen LogP contribution in [0, 0.1) is 5.82 Å². The van der Waals surface area contributed by atoms with Crippen molar-refractivity contribution < 1.29 is 9.50 Å². The quantitative estimate of drug-likeness (QED) is 0.940. The van der Waals surface area contributed by atoms with Crippen molar-refractivity contribution in [1.82, 2.24) is 9.55 Å². The Kier molecular flexibility index (Phi) is 3.36. The molecule has 0 bridgehead atoms. The average Bonchev–Trinajstić information content (AvgIpc) is 2.70. The fourth-order valence-electron chi connectivity index (χ4n) is 1.42. The molecule has 84 valence electrons. The molecule has 1 aromatic carbocycles. The lowest BCUT2D eigenvalue weighted by Gasteiger charge is -2.05. The normalized spacial score (nSPS) is 10.7. The number of halogens is 2. The van der Waals surface area contributed by atoms with Gasteiger partial charge in [0.2, 0.25) is 0 Å². The Morgan fingerprint density at radius 1 is 1.44 bits per heavy atom. The first kappa shape index (κ1) is 11.3. The summed E-state index contributed by atoms with van der Waals surface area (Å²) < 4.78 is 15.4. The second-order valence-corrected chi connectivity index (χ2v) is 4.29. The van der Waals surface area contributed by atoms with Crippen LogP contribution >= 0.6 is 15.9 Å². The highest BCUT2D eigenvalue weighted by Crippen LogP contribution is 2.19. The van der Waals surface area contributed by atoms with Crippen LogP contribution in [0.1, 0.15) is 11.3 Å². The van der Waals surface area contributed by atoms with E-state index in [4.69, 9.17) is 5.11 Å². The lowest BCUT2D eigenvalue weighted by molar-refractivity contribution is 0.277. The van der Waals surface area contributed by atoms with Crippen LogP contribution in [0.5, 0.6) is 0 Å². The van der Waals surface area contributed by atoms with Gasteiger partial charge in [0.05, 0.1) is 18.6 Å². The summed E-state index contributed by atoms with van der Waals surface area (Å²) in [5.74, 6) is -0.266. The predicted molar refractivity (Wildman–Crippen MR) is 61.4 cm³/mol. The van der Waals surface area contributed by atoms with Gasteiger partial charge >= 0.3 is 0 Å². The molecule has 2 rings (SSSR count). The minimum Gasteiger partial charge on any atom is -0.390 e. The standard InChI is InChI=1S/C11H10BrFN2O/c12-11-3-9(13)2-1-8(11)4-15-5-10(6-16)14-7-15/h1-3,5,7,16H,4,6H2. The molecule has 0 spiro atoms. The number of nitrogens with zero attached hydrogens (tertiary/aromatic N) is 2. The lowest BCUT2D eigenvalue weighted by atomic mass is 10.2. The molecule has 0 aliphatic rings. The SMILES string of the molecule is OCc1cn(Cc2ccc(F)cc2Br)cn1. The molecule has 0 aliphatic heterocycles. The fraction of sp³-hybridized carbons (Fsp3) is 0.182. The van der Waals surface area contributed by atoms with Gasteiger partial charge < -0.3 is 9.67 Å². The fourth-order valence-corrected chi connectivity index (χ4v) is 1.90. The second-order valence-electron chi connectivity index (χ2n) is 3.43. The van der Waals surface area contributed by atoms with Crippen molar-refractivity contribution >= 4 is 15.9 Å². The summed E-state index contributed by atoms with van der Waals surface area (Å²) in [5.41, 5.74) is 1.58. The number of rotatable bonds is 3. The van der Waals surface area contributed by atoms with E-state index >= 15 is 0 Å². The largest absolute Gasteiger partial charge is 0.390 e. The number of benzene rings is 1. The lowest BCUT2D eigenvalue weighted by Crippen LogP contribution is -1.97. The predicted octanol–water partition coefficient (Wildman–Crippen LogP) is 2.33. The van der Waals surface area contributed by atoms with Gasteiger partial charge in [0.15, 0.2) is 0 Å². The first-order valence-electron chi connectivity index (χ1n) is 4.74. The van der Waals surface area contributed by atoms with Gasteiger partial charge in [-0.1, -0.05) is 22.0 Å². The highest BCUT2D eigenvalue weighted by Gasteiger charge is 2.03. The van der Waals surface area contributed by atoms with Crippen molar-refractivity contribution in [2.24, 2.45) is 0 Å². The summed E-state index contributed by atoms with van der Waals surface area (Å²) in [6, 6.07) is 4.57. The molecule has 0 amide bonds. The minimum absolute atomic E-state index is 0.0718. The second kappa shape index (κ2) is 4.76. The summed E-state index contributed by atoms with van der Waals surface area (Å²) in [5, 5.41) is 8.87. The average molecular weight is 285 g/mol. The zero-order valence-electron chi connectivity index (χ0n) is 8.40. The summed E-state index contributed by atoms with van der Waals surface area (Å²) in [7, 11) is 0. The molecule has 3 nitrogen and oxygen atoms in total. The van der Waals surface area contributed by atoms with Gasteiger partial charge in [-0.2, -0.15) is 0 Å². The van der Waals surface area contributed by atoms with Gasteiger partial charge in [0, 0.05) is 17.2 Å². The third-order valence-corrected chi connectivity index (χ3v) is 2.95. The van der Waals surface area contributed by atoms with Crippen molar-refractivity contribution in [3.05, 3.63) is 52.3 Å². The van der Waals surface area contributed by atoms with Crippen LogP contribution in [0.15, 0.2) is 35.2 Å². The number of imidazole rings is 1. The number of aliphatic hydroxyl groups excluding tert-OH is 1. The van der Waals surface area contributed by atoms with E-state index in [1.807, 2.05) is 4.57 Å². The van der Waals surface area contributed by atoms with Crippen LogP contribution in [0.3, 0.4) is 0 Å². The van der Waals surface area contributed by atoms with E-state index in [2.05, 4.69) is 20.9 Å². The maximum atomic E-state index is 12.9. The maximum Gasteiger partial charge on any atom is 0.124 e. The molecule has 0 saturated heterocycles. The Balaban J connectivity index is 2.20. The third kappa shape index (κ3) is 2.48. The Morgan fingerprint density at radius 3 is 2.88 bits per heavy atom. The van der Waals surface area contributed by atoms with E-state index in [-0.39, 0.29) is 12.4 Å². The van der Waals surface area contributed by atoms with Crippen molar-refractivity contribution in [2.75, 3.05) is 0 Å². The number of aromatic nitrogens is 2. The molecule has 1 N–H and O–H groups in total. The van der Waals surface area contributed by atoms with Crippen molar-refractivity contribution in [3.8, 4) is 0 Å². The number of hydrogen-bond acceptors (Lipinski definition) is 2. The molecule has 2 aromatic rings. The molecule has 5 heteroatoms. The van der Waals surface area contributed by atoms with Crippen molar-refractivity contribution in [2.45, 2.75) is 13.2 Å². The minimum atomic E-state index is -0.266. The summed E-state index contributed by atoms with van der Waals surface area (Å²) in [6.45, 7) is 0.519. The number of aliphatic hydroxyl groups is 1. The first-order valence-corrected chi connectivity index (χ1v) is 5.54. The third-order valence-electron chi connectivity index (χ3n) is 2.22. The van der Waals surface area contributed by atoms with Crippen LogP contribution in [0.25, 0.3) is 0 Å². The molecule has 16 heavy (non-hydrogen) atoms. The van der Waals surface area contributed by atoms with Gasteiger partial charge in [0.25, 0.3) is 0 Å². The van der Waals surface area contributed by atoms with E-state index in [1.54, 1.807) is 18.6 Å². The molecular weight excluding hydrogens is 275 g/mol. The summed E-state index contributed by atoms with van der Waals surface area (Å²) in [4.78, 5) is 4.00. The van der Waals surface area contributed by atoms with E-state index in [9.17, 15) is 4.39 Å². The Hall–Kier alpha value is -1.20. The summed E-state index contributed by atoms with van der Waals surface area (Å²) in [6.07, 6.45) is 3.40. The molecule has 1 heterocycles. The van der Waals surface area contributed by atoms with Gasteiger partial charge in [-0.05, 0) is 17.7 Å². The molecule has 0 aliphatic carbocycles. The van der Waals surface area contributed by atoms with Crippen LogP contribution in [0.2, 0.25) is 0 Å². The van der Waals surface area contributed by atoms with Crippen LogP contribution in [-0.4, -0.2) is 14.7 Å². The molecule has 0 atom stereocenters. The zero-order chi connectivity index (χ0) is 11.5. The molecule has 0 unspecified atom stereocenters. The van der Waals surface area contributed by atoms with E-state index in [1.165, 1.54) is 12.1 Å². The van der Waals surface area contributed by atoms with Gasteiger partial charge in [-0.25, -0.2) is 9.37 Å². The topological polar surface area (TPSA) is 38.0 Å². The van der Waals surface area contributed by atoms with Gasteiger partial charge in [-0.15, -0.1) is 0 Å². The summed E-state index contributed by atoms with van der Waals surface area (Å²) >= 11 is 3.31. The van der Waals surface area contributed by atoms with Crippen LogP contribution in [-0.2, 0) is 13.2 Å². The molecule has 1 aromatic heterocycles. The van der Waals surface area contributed by atoms with Crippen molar-refractivity contribution in [1.29, 1.82) is 0 Å². The Labute approximate surface area is 101 Å². The van der Waals surface area contributed by atoms with Gasteiger partial charge in [0.1, 0.15) is 5.82 Å². The van der Waals surface area contributed by atoms with E-state index < -0.39 is 0 Å². The van der Waals surface area contributed by atoms with E-state index in [0.29, 0.717) is 12.2 Å². The smallest absolute Gasteiger partial charge is 0.124 e. The molecule has 0 radical (unpaired) electrons. The Bertz CT molecular complexity index is 498. The van der Waals surface area contributed by atoms with Crippen LogP contribution in [0.4, 0.5) is 4.39 Å². The highest BCUT2D eigenvalue weighted by molar-refractivity contribution is 9.10. The van der Waals surface area contributed by atoms with Crippen molar-refractivity contribution in [3.63, 3.8) is 0 Å². The molecular formula is C11H10BrFN2O. The van der Waals surface area contributed by atoms with E-state index in [0.717, 1.165) is 10.0 Å². The first-order chi connectivity index (χ1) is 7.69. The molecule has 0 fully saturated rings. The maximum absolute atomic E-state index is 12.9.